The van der Waals surface area contributed by atoms with Crippen LogP contribution in [0.15, 0.2) is 12.2 Å². The van der Waals surface area contributed by atoms with E-state index in [4.69, 9.17) is 10.2 Å². The van der Waals surface area contributed by atoms with Gasteiger partial charge in [-0.3, -0.25) is 4.79 Å². The molecule has 0 aromatic rings. The molecule has 13 heavy (non-hydrogen) atoms. The average Bonchev–Trinajstić information content (AvgIpc) is 2.00. The van der Waals surface area contributed by atoms with Crippen LogP contribution in [0.5, 0.6) is 0 Å². The van der Waals surface area contributed by atoms with Crippen molar-refractivity contribution in [3.05, 3.63) is 12.2 Å². The minimum atomic E-state index is -1.23. The Labute approximate surface area is 74.7 Å². The van der Waals surface area contributed by atoms with Crippen LogP contribution in [-0.4, -0.2) is 40.8 Å². The zero-order valence-electron chi connectivity index (χ0n) is 6.95. The van der Waals surface area contributed by atoms with Gasteiger partial charge in [0, 0.05) is 5.57 Å². The van der Waals surface area contributed by atoms with E-state index in [1.165, 1.54) is 0 Å². The molecule has 6 nitrogen and oxygen atoms in total. The van der Waals surface area contributed by atoms with Gasteiger partial charge in [0.15, 0.2) is 0 Å². The molecule has 6 heteroatoms. The Hall–Kier alpha value is -1.40. The third-order valence-corrected chi connectivity index (χ3v) is 1.01. The van der Waals surface area contributed by atoms with Crippen LogP contribution in [0, 0.1) is 0 Å². The molecule has 0 saturated heterocycles. The second-order valence-corrected chi connectivity index (χ2v) is 2.03. The quantitative estimate of drug-likeness (QED) is 0.416. The molecule has 76 valence electrons. The number of hydrogen-bond donors (Lipinski definition) is 2. The largest absolute Gasteiger partial charge is 0.478 e. The van der Waals surface area contributed by atoms with Gasteiger partial charge in [-0.1, -0.05) is 6.58 Å². The summed E-state index contributed by atoms with van der Waals surface area (Å²) in [6, 6.07) is 0. The van der Waals surface area contributed by atoms with Crippen molar-refractivity contribution < 1.29 is 30.0 Å². The van der Waals surface area contributed by atoms with Crippen molar-refractivity contribution in [2.75, 3.05) is 13.2 Å². The van der Waals surface area contributed by atoms with Crippen LogP contribution >= 0.6 is 0 Å². The molecule has 0 spiro atoms. The highest BCUT2D eigenvalue weighted by Crippen LogP contribution is 1.99. The SMILES string of the molecule is C=C(CC(=O)OCCO)C(=O)O.O. The third-order valence-electron chi connectivity index (χ3n) is 1.01. The van der Waals surface area contributed by atoms with Crippen molar-refractivity contribution in [3.8, 4) is 0 Å². The predicted molar refractivity (Wildman–Crippen MR) is 43.1 cm³/mol. The normalized spacial score (nSPS) is 8.38. The van der Waals surface area contributed by atoms with Gasteiger partial charge in [0.25, 0.3) is 0 Å². The maximum Gasteiger partial charge on any atom is 0.331 e. The number of aliphatic hydroxyl groups excluding tert-OH is 1. The number of carbonyl (C=O) groups is 2. The van der Waals surface area contributed by atoms with Crippen LogP contribution in [0.1, 0.15) is 6.42 Å². The Morgan fingerprint density at radius 1 is 1.38 bits per heavy atom. The van der Waals surface area contributed by atoms with E-state index in [-0.39, 0.29) is 30.7 Å². The maximum atomic E-state index is 10.7. The lowest BCUT2D eigenvalue weighted by Crippen LogP contribution is -2.11. The number of aliphatic carboxylic acids is 1. The molecule has 0 aliphatic heterocycles. The Morgan fingerprint density at radius 2 is 1.92 bits per heavy atom. The predicted octanol–water partition coefficient (Wildman–Crippen LogP) is -1.27. The van der Waals surface area contributed by atoms with Crippen molar-refractivity contribution in [1.29, 1.82) is 0 Å². The number of ether oxygens (including phenoxy) is 1. The molecule has 0 amide bonds. The first-order valence-electron chi connectivity index (χ1n) is 3.25. The Balaban J connectivity index is 0. The van der Waals surface area contributed by atoms with Crippen LogP contribution in [0.2, 0.25) is 0 Å². The van der Waals surface area contributed by atoms with Gasteiger partial charge in [-0.15, -0.1) is 0 Å². The molecule has 0 rings (SSSR count). The molecule has 0 aliphatic rings. The molecule has 4 N–H and O–H groups in total. The van der Waals surface area contributed by atoms with Crippen LogP contribution in [-0.2, 0) is 14.3 Å². The number of rotatable bonds is 5. The lowest BCUT2D eigenvalue weighted by Gasteiger charge is -2.01. The van der Waals surface area contributed by atoms with Crippen molar-refractivity contribution in [3.63, 3.8) is 0 Å². The third kappa shape index (κ3) is 6.98. The van der Waals surface area contributed by atoms with E-state index < -0.39 is 11.9 Å². The van der Waals surface area contributed by atoms with Crippen LogP contribution < -0.4 is 0 Å². The fourth-order valence-electron chi connectivity index (χ4n) is 0.460. The summed E-state index contributed by atoms with van der Waals surface area (Å²) < 4.78 is 4.40. The van der Waals surface area contributed by atoms with E-state index in [1.54, 1.807) is 0 Å². The molecular weight excluding hydrogens is 180 g/mol. The minimum Gasteiger partial charge on any atom is -0.478 e. The van der Waals surface area contributed by atoms with Gasteiger partial charge in [-0.05, 0) is 0 Å². The molecule has 0 aromatic carbocycles. The molecule has 0 heterocycles. The van der Waals surface area contributed by atoms with Crippen molar-refractivity contribution >= 4 is 11.9 Å². The summed E-state index contributed by atoms with van der Waals surface area (Å²) in [5, 5.41) is 16.5. The van der Waals surface area contributed by atoms with Gasteiger partial charge in [0.1, 0.15) is 6.61 Å². The van der Waals surface area contributed by atoms with Gasteiger partial charge in [0.2, 0.25) is 0 Å². The van der Waals surface area contributed by atoms with Crippen molar-refractivity contribution in [2.24, 2.45) is 0 Å². The van der Waals surface area contributed by atoms with Crippen LogP contribution in [0.3, 0.4) is 0 Å². The number of carbonyl (C=O) groups excluding carboxylic acids is 1. The first-order chi connectivity index (χ1) is 5.57. The van der Waals surface area contributed by atoms with Gasteiger partial charge in [-0.2, -0.15) is 0 Å². The molecule has 0 atom stereocenters. The molecule has 0 aliphatic carbocycles. The van der Waals surface area contributed by atoms with Crippen LogP contribution in [0.25, 0.3) is 0 Å². The summed E-state index contributed by atoms with van der Waals surface area (Å²) in [5.41, 5.74) is -0.224. The highest BCUT2D eigenvalue weighted by molar-refractivity contribution is 5.91. The molecule has 0 fully saturated rings. The number of aliphatic hydroxyl groups is 1. The monoisotopic (exact) mass is 192 g/mol. The topological polar surface area (TPSA) is 115 Å². The summed E-state index contributed by atoms with van der Waals surface area (Å²) in [4.78, 5) is 20.8. The second kappa shape index (κ2) is 7.26. The number of carboxylic acid groups (broad SMARTS) is 1. The Kier molecular flexibility index (Phi) is 7.90. The lowest BCUT2D eigenvalue weighted by atomic mass is 10.2. The number of carboxylic acids is 1. The van der Waals surface area contributed by atoms with E-state index in [2.05, 4.69) is 11.3 Å². The average molecular weight is 192 g/mol. The van der Waals surface area contributed by atoms with Gasteiger partial charge >= 0.3 is 11.9 Å². The Morgan fingerprint density at radius 3 is 2.31 bits per heavy atom. The van der Waals surface area contributed by atoms with Crippen LogP contribution in [0.4, 0.5) is 0 Å². The minimum absolute atomic E-state index is 0. The maximum absolute atomic E-state index is 10.7. The lowest BCUT2D eigenvalue weighted by molar-refractivity contribution is -0.145. The molecule has 0 radical (unpaired) electrons. The first kappa shape index (κ1) is 14.1. The van der Waals surface area contributed by atoms with E-state index in [0.717, 1.165) is 0 Å². The first-order valence-corrected chi connectivity index (χ1v) is 3.25. The molecular formula is C7H12O6. The van der Waals surface area contributed by atoms with Gasteiger partial charge in [-0.25, -0.2) is 4.79 Å². The Bertz CT molecular complexity index is 197. The summed E-state index contributed by atoms with van der Waals surface area (Å²) in [5.74, 6) is -1.92. The highest BCUT2D eigenvalue weighted by Gasteiger charge is 2.10. The van der Waals surface area contributed by atoms with Crippen molar-refractivity contribution in [1.82, 2.24) is 0 Å². The molecule has 0 aromatic heterocycles. The van der Waals surface area contributed by atoms with Crippen molar-refractivity contribution in [2.45, 2.75) is 6.42 Å². The summed E-state index contributed by atoms with van der Waals surface area (Å²) in [6.45, 7) is 2.75. The number of hydrogen-bond acceptors (Lipinski definition) is 4. The fourth-order valence-corrected chi connectivity index (χ4v) is 0.460. The zero-order valence-corrected chi connectivity index (χ0v) is 6.95. The smallest absolute Gasteiger partial charge is 0.331 e. The van der Waals surface area contributed by atoms with Gasteiger partial charge in [0.05, 0.1) is 13.0 Å². The zero-order chi connectivity index (χ0) is 9.56. The van der Waals surface area contributed by atoms with E-state index in [0.29, 0.717) is 0 Å². The number of esters is 1. The molecule has 0 saturated carbocycles. The summed E-state index contributed by atoms with van der Waals surface area (Å²) in [6.07, 6.45) is -0.352. The fraction of sp³-hybridized carbons (Fsp3) is 0.429. The van der Waals surface area contributed by atoms with E-state index in [1.807, 2.05) is 0 Å². The molecule has 0 bridgehead atoms. The standard InChI is InChI=1S/C7H10O5.H2O/c1-5(7(10)11)4-6(9)12-3-2-8;/h8H,1-4H2,(H,10,11);1H2. The highest BCUT2D eigenvalue weighted by atomic mass is 16.5. The molecule has 0 unspecified atom stereocenters. The van der Waals surface area contributed by atoms with Gasteiger partial charge < -0.3 is 20.4 Å². The van der Waals surface area contributed by atoms with E-state index >= 15 is 0 Å². The van der Waals surface area contributed by atoms with E-state index in [9.17, 15) is 9.59 Å². The summed E-state index contributed by atoms with van der Waals surface area (Å²) >= 11 is 0. The summed E-state index contributed by atoms with van der Waals surface area (Å²) in [7, 11) is 0. The second-order valence-electron chi connectivity index (χ2n) is 2.03.